The third-order valence-electron chi connectivity index (χ3n) is 5.87. The first-order chi connectivity index (χ1) is 18.5. The van der Waals surface area contributed by atoms with Crippen molar-refractivity contribution in [2.24, 2.45) is 0 Å². The highest BCUT2D eigenvalue weighted by atomic mass is 19.1. The van der Waals surface area contributed by atoms with Crippen molar-refractivity contribution in [3.63, 3.8) is 0 Å². The van der Waals surface area contributed by atoms with Crippen LogP contribution in [0, 0.1) is 5.82 Å². The van der Waals surface area contributed by atoms with Crippen LogP contribution >= 0.6 is 0 Å². The number of benzene rings is 3. The smallest absolute Gasteiger partial charge is 0.255 e. The number of para-hydroxylation sites is 1. The first-order valence-corrected chi connectivity index (χ1v) is 11.8. The van der Waals surface area contributed by atoms with Gasteiger partial charge in [0.1, 0.15) is 28.7 Å². The van der Waals surface area contributed by atoms with Gasteiger partial charge in [-0.05, 0) is 54.1 Å². The second kappa shape index (κ2) is 11.0. The van der Waals surface area contributed by atoms with Crippen molar-refractivity contribution < 1.29 is 18.7 Å². The molecule has 1 amide bonds. The third kappa shape index (κ3) is 5.54. The van der Waals surface area contributed by atoms with Crippen LogP contribution in [0.15, 0.2) is 85.2 Å². The lowest BCUT2D eigenvalue weighted by atomic mass is 10.1. The van der Waals surface area contributed by atoms with E-state index in [1.165, 1.54) is 12.1 Å². The lowest BCUT2D eigenvalue weighted by Gasteiger charge is -2.08. The number of methoxy groups -OCH3 is 2. The van der Waals surface area contributed by atoms with Gasteiger partial charge in [0.05, 0.1) is 44.8 Å². The van der Waals surface area contributed by atoms with Crippen LogP contribution in [-0.4, -0.2) is 44.9 Å². The average Bonchev–Trinajstić information content (AvgIpc) is 3.60. The zero-order valence-electron chi connectivity index (χ0n) is 20.8. The molecule has 0 saturated carbocycles. The molecule has 38 heavy (non-hydrogen) atoms. The van der Waals surface area contributed by atoms with Gasteiger partial charge in [-0.3, -0.25) is 4.79 Å². The van der Waals surface area contributed by atoms with E-state index >= 15 is 0 Å². The molecule has 0 aliphatic heterocycles. The molecular weight excluding hydrogens is 487 g/mol. The highest BCUT2D eigenvalue weighted by Gasteiger charge is 2.19. The van der Waals surface area contributed by atoms with Crippen molar-refractivity contribution in [1.29, 1.82) is 0 Å². The number of rotatable bonds is 9. The highest BCUT2D eigenvalue weighted by Crippen LogP contribution is 2.25. The van der Waals surface area contributed by atoms with Gasteiger partial charge < -0.3 is 14.8 Å². The van der Waals surface area contributed by atoms with E-state index in [2.05, 4.69) is 20.7 Å². The Labute approximate surface area is 218 Å². The van der Waals surface area contributed by atoms with Crippen molar-refractivity contribution in [3.8, 4) is 28.4 Å². The molecule has 0 bridgehead atoms. The van der Waals surface area contributed by atoms with Crippen LogP contribution in [0.5, 0.6) is 11.5 Å². The number of amides is 1. The van der Waals surface area contributed by atoms with Gasteiger partial charge in [-0.25, -0.2) is 13.8 Å². The second-order valence-electron chi connectivity index (χ2n) is 8.49. The van der Waals surface area contributed by atoms with Gasteiger partial charge in [0.15, 0.2) is 0 Å². The number of nitrogens with one attached hydrogen (secondary N) is 1. The number of halogens is 1. The predicted octanol–water partition coefficient (Wildman–Crippen LogP) is 4.27. The van der Waals surface area contributed by atoms with Gasteiger partial charge in [-0.1, -0.05) is 23.4 Å². The van der Waals surface area contributed by atoms with E-state index in [-0.39, 0.29) is 18.3 Å². The molecule has 0 unspecified atom stereocenters. The van der Waals surface area contributed by atoms with Crippen LogP contribution in [-0.2, 0) is 13.1 Å². The van der Waals surface area contributed by atoms with Gasteiger partial charge in [0.25, 0.3) is 5.91 Å². The molecule has 0 spiro atoms. The maximum absolute atomic E-state index is 13.5. The number of hydrogen-bond donors (Lipinski definition) is 1. The largest absolute Gasteiger partial charge is 0.497 e. The SMILES string of the molecule is COc1cc(Cn2cc(CNC(=O)c3cn(-c4ccccc4)nc3-c3ccc(F)cc3)nn2)cc(OC)c1. The number of aromatic nitrogens is 5. The van der Waals surface area contributed by atoms with Crippen LogP contribution in [0.4, 0.5) is 4.39 Å². The minimum absolute atomic E-state index is 0.166. The Balaban J connectivity index is 1.33. The minimum atomic E-state index is -0.363. The monoisotopic (exact) mass is 512 g/mol. The van der Waals surface area contributed by atoms with Gasteiger partial charge in [-0.2, -0.15) is 5.10 Å². The molecule has 0 radical (unpaired) electrons. The Morgan fingerprint density at radius 1 is 0.947 bits per heavy atom. The molecule has 0 aliphatic carbocycles. The predicted molar refractivity (Wildman–Crippen MR) is 139 cm³/mol. The molecule has 0 fully saturated rings. The van der Waals surface area contributed by atoms with E-state index in [1.54, 1.807) is 54.2 Å². The quantitative estimate of drug-likeness (QED) is 0.317. The van der Waals surface area contributed by atoms with E-state index < -0.39 is 0 Å². The van der Waals surface area contributed by atoms with Crippen molar-refractivity contribution in [2.75, 3.05) is 14.2 Å². The Morgan fingerprint density at radius 2 is 1.66 bits per heavy atom. The van der Waals surface area contributed by atoms with Gasteiger partial charge in [-0.15, -0.1) is 5.10 Å². The molecule has 5 aromatic rings. The standard InChI is InChI=1S/C28H25FN6O3/c1-37-24-12-19(13-25(14-24)38-2)16-34-17-22(31-33-34)15-30-28(36)26-18-35(23-6-4-3-5-7-23)32-27(26)20-8-10-21(29)11-9-20/h3-14,17-18H,15-16H2,1-2H3,(H,30,36). The summed E-state index contributed by atoms with van der Waals surface area (Å²) in [6, 6.07) is 20.9. The molecule has 192 valence electrons. The molecule has 10 heteroatoms. The van der Waals surface area contributed by atoms with Crippen LogP contribution in [0.2, 0.25) is 0 Å². The lowest BCUT2D eigenvalue weighted by Crippen LogP contribution is -2.23. The zero-order chi connectivity index (χ0) is 26.5. The summed E-state index contributed by atoms with van der Waals surface area (Å²) in [4.78, 5) is 13.2. The maximum Gasteiger partial charge on any atom is 0.255 e. The molecule has 0 saturated heterocycles. The summed E-state index contributed by atoms with van der Waals surface area (Å²) in [6.07, 6.45) is 3.43. The summed E-state index contributed by atoms with van der Waals surface area (Å²) in [5.41, 5.74) is 3.75. The molecule has 5 rings (SSSR count). The maximum atomic E-state index is 13.5. The van der Waals surface area contributed by atoms with Crippen LogP contribution in [0.3, 0.4) is 0 Å². The summed E-state index contributed by atoms with van der Waals surface area (Å²) in [6.45, 7) is 0.618. The van der Waals surface area contributed by atoms with Crippen LogP contribution in [0.1, 0.15) is 21.6 Å². The molecular formula is C28H25FN6O3. The fourth-order valence-electron chi connectivity index (χ4n) is 3.98. The van der Waals surface area contributed by atoms with Crippen molar-refractivity contribution >= 4 is 5.91 Å². The van der Waals surface area contributed by atoms with Gasteiger partial charge in [0.2, 0.25) is 0 Å². The van der Waals surface area contributed by atoms with Crippen LogP contribution in [0.25, 0.3) is 16.9 Å². The third-order valence-corrected chi connectivity index (χ3v) is 5.87. The molecule has 0 atom stereocenters. The molecule has 2 aromatic heterocycles. The fraction of sp³-hybridized carbons (Fsp3) is 0.143. The number of ether oxygens (including phenoxy) is 2. The highest BCUT2D eigenvalue weighted by molar-refractivity contribution is 5.99. The van der Waals surface area contributed by atoms with E-state index in [9.17, 15) is 9.18 Å². The van der Waals surface area contributed by atoms with Crippen LogP contribution < -0.4 is 14.8 Å². The normalized spacial score (nSPS) is 10.8. The zero-order valence-corrected chi connectivity index (χ0v) is 20.8. The number of nitrogens with zero attached hydrogens (tertiary/aromatic N) is 5. The summed E-state index contributed by atoms with van der Waals surface area (Å²) >= 11 is 0. The molecule has 9 nitrogen and oxygen atoms in total. The second-order valence-corrected chi connectivity index (χ2v) is 8.49. The van der Waals surface area contributed by atoms with E-state index in [0.29, 0.717) is 40.6 Å². The minimum Gasteiger partial charge on any atom is -0.497 e. The first kappa shape index (κ1) is 24.7. The Kier molecular flexibility index (Phi) is 7.12. The summed E-state index contributed by atoms with van der Waals surface area (Å²) in [5, 5.41) is 15.9. The average molecular weight is 513 g/mol. The summed E-state index contributed by atoms with van der Waals surface area (Å²) in [5.74, 6) is 0.663. The molecule has 2 heterocycles. The van der Waals surface area contributed by atoms with E-state index in [0.717, 1.165) is 11.3 Å². The number of carbonyl (C=O) groups excluding carboxylic acids is 1. The van der Waals surface area contributed by atoms with E-state index in [4.69, 9.17) is 9.47 Å². The van der Waals surface area contributed by atoms with Gasteiger partial charge in [0, 0.05) is 17.8 Å². The number of hydrogen-bond acceptors (Lipinski definition) is 6. The Morgan fingerprint density at radius 3 is 2.34 bits per heavy atom. The lowest BCUT2D eigenvalue weighted by molar-refractivity contribution is 0.0951. The number of carbonyl (C=O) groups is 1. The van der Waals surface area contributed by atoms with Gasteiger partial charge >= 0.3 is 0 Å². The Bertz CT molecular complexity index is 1520. The summed E-state index contributed by atoms with van der Waals surface area (Å²) in [7, 11) is 3.19. The first-order valence-electron chi connectivity index (χ1n) is 11.8. The Hall–Kier alpha value is -4.99. The fourth-order valence-corrected chi connectivity index (χ4v) is 3.98. The molecule has 1 N–H and O–H groups in total. The van der Waals surface area contributed by atoms with Crippen molar-refractivity contribution in [2.45, 2.75) is 13.1 Å². The van der Waals surface area contributed by atoms with Crippen molar-refractivity contribution in [1.82, 2.24) is 30.1 Å². The van der Waals surface area contributed by atoms with Crippen molar-refractivity contribution in [3.05, 3.63) is 108 Å². The van der Waals surface area contributed by atoms with E-state index in [1.807, 2.05) is 42.5 Å². The molecule has 3 aromatic carbocycles. The molecule has 0 aliphatic rings. The summed E-state index contributed by atoms with van der Waals surface area (Å²) < 4.78 is 27.5. The topological polar surface area (TPSA) is 96.1 Å².